The van der Waals surface area contributed by atoms with E-state index >= 15 is 0 Å². The summed E-state index contributed by atoms with van der Waals surface area (Å²) in [7, 11) is 0. The van der Waals surface area contributed by atoms with E-state index in [-0.39, 0.29) is 17.3 Å². The summed E-state index contributed by atoms with van der Waals surface area (Å²) in [5, 5.41) is 28.9. The number of aliphatic carboxylic acids is 1. The molecule has 124 valence electrons. The highest BCUT2D eigenvalue weighted by molar-refractivity contribution is 8.15. The van der Waals surface area contributed by atoms with Crippen molar-refractivity contribution < 1.29 is 19.6 Å². The van der Waals surface area contributed by atoms with Crippen LogP contribution in [0.3, 0.4) is 0 Å². The van der Waals surface area contributed by atoms with Gasteiger partial charge in [0.1, 0.15) is 5.25 Å². The second-order valence-electron chi connectivity index (χ2n) is 4.54. The highest BCUT2D eigenvalue weighted by Crippen LogP contribution is 2.22. The molecule has 10 heteroatoms. The van der Waals surface area contributed by atoms with Crippen molar-refractivity contribution in [1.29, 1.82) is 0 Å². The van der Waals surface area contributed by atoms with Crippen molar-refractivity contribution in [2.75, 3.05) is 0 Å². The zero-order chi connectivity index (χ0) is 17.5. The molecule has 24 heavy (non-hydrogen) atoms. The summed E-state index contributed by atoms with van der Waals surface area (Å²) < 4.78 is 0. The van der Waals surface area contributed by atoms with Crippen LogP contribution < -0.4 is 5.32 Å². The molecule has 1 aliphatic heterocycles. The minimum Gasteiger partial charge on any atom is -0.481 e. The molecule has 1 amide bonds. The fourth-order valence-electron chi connectivity index (χ4n) is 1.81. The summed E-state index contributed by atoms with van der Waals surface area (Å²) in [4.78, 5) is 32.5. The molecule has 2 rings (SSSR count). The monoisotopic (exact) mass is 348 g/mol. The number of hydrogen-bond acceptors (Lipinski definition) is 7. The molecule has 0 radical (unpaired) electrons. The summed E-state index contributed by atoms with van der Waals surface area (Å²) in [5.74, 6) is -1.49. The van der Waals surface area contributed by atoms with Gasteiger partial charge in [-0.1, -0.05) is 23.9 Å². The number of nitrogens with one attached hydrogen (secondary N) is 1. The van der Waals surface area contributed by atoms with Crippen molar-refractivity contribution >= 4 is 46.8 Å². The van der Waals surface area contributed by atoms with Gasteiger partial charge in [-0.25, -0.2) is 0 Å². The van der Waals surface area contributed by atoms with Crippen molar-refractivity contribution in [2.45, 2.75) is 11.7 Å². The number of carbonyl (C=O) groups is 2. The molecule has 1 aromatic rings. The second-order valence-corrected chi connectivity index (χ2v) is 5.73. The van der Waals surface area contributed by atoms with Crippen LogP contribution in [-0.4, -0.2) is 38.5 Å². The van der Waals surface area contributed by atoms with Gasteiger partial charge in [0, 0.05) is 12.3 Å². The van der Waals surface area contributed by atoms with Crippen LogP contribution in [0.4, 0.5) is 5.69 Å². The normalized spacial score (nSPS) is 19.2. The van der Waals surface area contributed by atoms with Crippen LogP contribution >= 0.6 is 11.8 Å². The van der Waals surface area contributed by atoms with E-state index in [1.807, 2.05) is 0 Å². The number of nitro groups is 1. The number of carboxylic acid groups (broad SMARTS) is 1. The first kappa shape index (κ1) is 17.3. The zero-order valence-electron chi connectivity index (χ0n) is 12.2. The summed E-state index contributed by atoms with van der Waals surface area (Å²) in [6.07, 6.45) is 4.00. The molecule has 1 aromatic carbocycles. The first-order chi connectivity index (χ1) is 11.5. The maximum atomic E-state index is 11.5. The Morgan fingerprint density at radius 2 is 2.21 bits per heavy atom. The van der Waals surface area contributed by atoms with Gasteiger partial charge in [-0.3, -0.25) is 19.7 Å². The highest BCUT2D eigenvalue weighted by atomic mass is 32.2. The lowest BCUT2D eigenvalue weighted by atomic mass is 10.2. The molecule has 0 saturated carbocycles. The molecule has 0 bridgehead atoms. The summed E-state index contributed by atoms with van der Waals surface area (Å²) in [5.41, 5.74) is 0.398. The van der Waals surface area contributed by atoms with E-state index in [2.05, 4.69) is 15.5 Å². The number of thioether (sulfide) groups is 1. The number of carbonyl (C=O) groups excluding carboxylic acids is 1. The number of allylic oxidation sites excluding steroid dienone is 1. The summed E-state index contributed by atoms with van der Waals surface area (Å²) in [6.45, 7) is 0. The standard InChI is InChI=1S/C14H12N4O5S/c19-12(20)8-11-13(21)16-14(24-11)17-15-7-3-5-9-4-1-2-6-10(9)18(22)23/h1-7,11H,8H2,(H,19,20)(H,16,17,21). The average molecular weight is 348 g/mol. The number of amides is 1. The fourth-order valence-corrected chi connectivity index (χ4v) is 2.73. The van der Waals surface area contributed by atoms with Crippen LogP contribution in [0.5, 0.6) is 0 Å². The van der Waals surface area contributed by atoms with Gasteiger partial charge in [0.25, 0.3) is 5.69 Å². The quantitative estimate of drug-likeness (QED) is 0.456. The molecule has 1 fully saturated rings. The number of benzene rings is 1. The van der Waals surface area contributed by atoms with Crippen molar-refractivity contribution in [3.05, 3.63) is 46.0 Å². The molecule has 0 aliphatic carbocycles. The number of amidine groups is 1. The lowest BCUT2D eigenvalue weighted by Gasteiger charge is -1.97. The Bertz CT molecular complexity index is 759. The molecular formula is C14H12N4O5S. The zero-order valence-corrected chi connectivity index (χ0v) is 13.0. The summed E-state index contributed by atoms with van der Waals surface area (Å²) in [6, 6.07) is 6.24. The molecule has 1 saturated heterocycles. The Kier molecular flexibility index (Phi) is 5.79. The fraction of sp³-hybridized carbons (Fsp3) is 0.143. The van der Waals surface area contributed by atoms with E-state index in [0.29, 0.717) is 5.56 Å². The lowest BCUT2D eigenvalue weighted by molar-refractivity contribution is -0.385. The minimum absolute atomic E-state index is 0.0245. The predicted octanol–water partition coefficient (Wildman–Crippen LogP) is 1.66. The number of nitro benzene ring substituents is 1. The second kappa shape index (κ2) is 8.02. The Morgan fingerprint density at radius 3 is 2.92 bits per heavy atom. The minimum atomic E-state index is -1.07. The molecule has 0 aromatic heterocycles. The van der Waals surface area contributed by atoms with Crippen LogP contribution in [0, 0.1) is 10.1 Å². The van der Waals surface area contributed by atoms with Gasteiger partial charge in [-0.2, -0.15) is 5.10 Å². The highest BCUT2D eigenvalue weighted by Gasteiger charge is 2.32. The van der Waals surface area contributed by atoms with Crippen LogP contribution in [0.15, 0.2) is 40.5 Å². The van der Waals surface area contributed by atoms with E-state index in [0.717, 1.165) is 11.8 Å². The molecule has 2 N–H and O–H groups in total. The van der Waals surface area contributed by atoms with Gasteiger partial charge < -0.3 is 10.4 Å². The van der Waals surface area contributed by atoms with E-state index in [4.69, 9.17) is 5.11 Å². The van der Waals surface area contributed by atoms with Gasteiger partial charge in [0.05, 0.1) is 16.9 Å². The van der Waals surface area contributed by atoms with E-state index in [1.54, 1.807) is 18.2 Å². The maximum Gasteiger partial charge on any atom is 0.305 e. The molecule has 1 unspecified atom stereocenters. The van der Waals surface area contributed by atoms with Crippen molar-refractivity contribution in [3.8, 4) is 0 Å². The third kappa shape index (κ3) is 4.74. The van der Waals surface area contributed by atoms with Crippen LogP contribution in [0.2, 0.25) is 0 Å². The molecule has 0 spiro atoms. The largest absolute Gasteiger partial charge is 0.481 e. The van der Waals surface area contributed by atoms with E-state index in [9.17, 15) is 19.7 Å². The van der Waals surface area contributed by atoms with Gasteiger partial charge in [-0.15, -0.1) is 5.10 Å². The third-order valence-corrected chi connectivity index (χ3v) is 3.92. The number of nitrogens with zero attached hydrogens (tertiary/aromatic N) is 3. The Morgan fingerprint density at radius 1 is 1.46 bits per heavy atom. The molecule has 1 aliphatic rings. The maximum absolute atomic E-state index is 11.5. The summed E-state index contributed by atoms with van der Waals surface area (Å²) >= 11 is 0.989. The van der Waals surface area contributed by atoms with Crippen LogP contribution in [0.1, 0.15) is 12.0 Å². The molecule has 1 atom stereocenters. The molecule has 9 nitrogen and oxygen atoms in total. The third-order valence-electron chi connectivity index (χ3n) is 2.85. The number of carboxylic acids is 1. The molecule has 1 heterocycles. The average Bonchev–Trinajstić information content (AvgIpc) is 2.86. The SMILES string of the molecule is O=C(O)CC1SC(=NN=CC=Cc2ccccc2[N+](=O)[O-])NC1=O. The topological polar surface area (TPSA) is 134 Å². The van der Waals surface area contributed by atoms with E-state index < -0.39 is 22.0 Å². The van der Waals surface area contributed by atoms with E-state index in [1.165, 1.54) is 24.4 Å². The van der Waals surface area contributed by atoms with Crippen molar-refractivity contribution in [2.24, 2.45) is 10.2 Å². The Hall–Kier alpha value is -3.01. The Balaban J connectivity index is 1.97. The van der Waals surface area contributed by atoms with Gasteiger partial charge in [0.2, 0.25) is 5.91 Å². The van der Waals surface area contributed by atoms with Gasteiger partial charge in [-0.05, 0) is 18.2 Å². The lowest BCUT2D eigenvalue weighted by Crippen LogP contribution is -2.26. The molecular weight excluding hydrogens is 336 g/mol. The Labute approximate surface area is 140 Å². The van der Waals surface area contributed by atoms with Gasteiger partial charge in [0.15, 0.2) is 5.17 Å². The van der Waals surface area contributed by atoms with Gasteiger partial charge >= 0.3 is 5.97 Å². The number of rotatable bonds is 6. The predicted molar refractivity (Wildman–Crippen MR) is 89.8 cm³/mol. The number of para-hydroxylation sites is 1. The van der Waals surface area contributed by atoms with Crippen molar-refractivity contribution in [3.63, 3.8) is 0 Å². The van der Waals surface area contributed by atoms with Crippen LogP contribution in [0.25, 0.3) is 6.08 Å². The van der Waals surface area contributed by atoms with Crippen LogP contribution in [-0.2, 0) is 9.59 Å². The smallest absolute Gasteiger partial charge is 0.305 e. The van der Waals surface area contributed by atoms with Crippen molar-refractivity contribution in [1.82, 2.24) is 5.32 Å². The number of hydrogen-bond donors (Lipinski definition) is 2. The first-order valence-electron chi connectivity index (χ1n) is 6.68. The first-order valence-corrected chi connectivity index (χ1v) is 7.56.